The molecule has 23 heavy (non-hydrogen) atoms. The number of piperidine rings is 1. The minimum absolute atomic E-state index is 0.0788. The Labute approximate surface area is 130 Å². The van der Waals surface area contributed by atoms with E-state index in [9.17, 15) is 22.8 Å². The molecule has 0 radical (unpaired) electrons. The predicted octanol–water partition coefficient (Wildman–Crippen LogP) is 2.91. The number of ether oxygens (including phenoxy) is 1. The quantitative estimate of drug-likeness (QED) is 0.925. The molecule has 2 rings (SSSR count). The van der Waals surface area contributed by atoms with Crippen LogP contribution in [0.25, 0.3) is 0 Å². The van der Waals surface area contributed by atoms with Crippen LogP contribution < -0.4 is 0 Å². The third-order valence-electron chi connectivity index (χ3n) is 3.73. The molecule has 0 bridgehead atoms. The van der Waals surface area contributed by atoms with Gasteiger partial charge in [0.25, 0.3) is 0 Å². The molecule has 1 aromatic carbocycles. The Bertz CT molecular complexity index is 562. The molecule has 1 fully saturated rings. The highest BCUT2D eigenvalue weighted by molar-refractivity contribution is 5.73. The molecule has 2 atom stereocenters. The third kappa shape index (κ3) is 4.61. The van der Waals surface area contributed by atoms with E-state index in [2.05, 4.69) is 0 Å². The van der Waals surface area contributed by atoms with Crippen LogP contribution >= 0.6 is 0 Å². The Morgan fingerprint density at radius 1 is 1.22 bits per heavy atom. The predicted molar refractivity (Wildman–Crippen MR) is 73.5 cm³/mol. The topological polar surface area (TPSA) is 66.8 Å². The van der Waals surface area contributed by atoms with E-state index in [1.54, 1.807) is 30.3 Å². The van der Waals surface area contributed by atoms with Gasteiger partial charge in [0.05, 0.1) is 11.8 Å². The first kappa shape index (κ1) is 17.1. The molecular weight excluding hydrogens is 315 g/mol. The van der Waals surface area contributed by atoms with Gasteiger partial charge in [-0.15, -0.1) is 0 Å². The molecule has 1 saturated heterocycles. The van der Waals surface area contributed by atoms with Gasteiger partial charge in [0, 0.05) is 13.1 Å². The van der Waals surface area contributed by atoms with Gasteiger partial charge in [0.1, 0.15) is 6.61 Å². The number of carbonyl (C=O) groups is 2. The molecule has 1 aromatic rings. The first-order chi connectivity index (χ1) is 10.8. The number of halogens is 3. The van der Waals surface area contributed by atoms with Crippen LogP contribution in [0.3, 0.4) is 0 Å². The number of aliphatic carboxylic acids is 1. The highest BCUT2D eigenvalue weighted by atomic mass is 19.4. The molecule has 2 unspecified atom stereocenters. The second-order valence-corrected chi connectivity index (χ2v) is 5.45. The van der Waals surface area contributed by atoms with E-state index in [-0.39, 0.29) is 13.2 Å². The molecule has 0 aromatic heterocycles. The van der Waals surface area contributed by atoms with Crippen LogP contribution in [0.5, 0.6) is 0 Å². The zero-order valence-corrected chi connectivity index (χ0v) is 12.1. The highest BCUT2D eigenvalue weighted by Crippen LogP contribution is 2.35. The number of likely N-dealkylation sites (tertiary alicyclic amines) is 1. The average Bonchev–Trinajstić information content (AvgIpc) is 2.52. The summed E-state index contributed by atoms with van der Waals surface area (Å²) in [5.41, 5.74) is 0.694. The van der Waals surface area contributed by atoms with Crippen molar-refractivity contribution in [2.45, 2.75) is 19.2 Å². The number of hydrogen-bond donors (Lipinski definition) is 1. The maximum Gasteiger partial charge on any atom is 0.410 e. The van der Waals surface area contributed by atoms with Gasteiger partial charge in [-0.1, -0.05) is 30.3 Å². The summed E-state index contributed by atoms with van der Waals surface area (Å²) >= 11 is 0. The van der Waals surface area contributed by atoms with Crippen LogP contribution in [-0.4, -0.2) is 41.3 Å². The minimum atomic E-state index is -4.55. The summed E-state index contributed by atoms with van der Waals surface area (Å²) in [6.45, 7) is -0.943. The van der Waals surface area contributed by atoms with Crippen LogP contribution in [0.15, 0.2) is 30.3 Å². The van der Waals surface area contributed by atoms with Crippen molar-refractivity contribution in [2.75, 3.05) is 13.1 Å². The van der Waals surface area contributed by atoms with E-state index < -0.39 is 43.0 Å². The Hall–Kier alpha value is -2.25. The number of alkyl halides is 3. The largest absolute Gasteiger partial charge is 0.481 e. The Kier molecular flexibility index (Phi) is 5.12. The van der Waals surface area contributed by atoms with Crippen molar-refractivity contribution in [1.82, 2.24) is 4.90 Å². The van der Waals surface area contributed by atoms with E-state index in [0.29, 0.717) is 5.56 Å². The zero-order valence-electron chi connectivity index (χ0n) is 12.1. The minimum Gasteiger partial charge on any atom is -0.481 e. The smallest absolute Gasteiger partial charge is 0.410 e. The molecular formula is C15H16F3NO4. The number of carboxylic acids is 1. The van der Waals surface area contributed by atoms with E-state index in [4.69, 9.17) is 9.84 Å². The molecule has 1 aliphatic heterocycles. The maximum atomic E-state index is 12.9. The van der Waals surface area contributed by atoms with E-state index in [1.807, 2.05) is 0 Å². The lowest BCUT2D eigenvalue weighted by Crippen LogP contribution is -2.50. The molecule has 0 aliphatic carbocycles. The Morgan fingerprint density at radius 2 is 1.87 bits per heavy atom. The van der Waals surface area contributed by atoms with Crippen molar-refractivity contribution in [3.05, 3.63) is 35.9 Å². The SMILES string of the molecule is O=C(O)C1CC(C(F)(F)F)CN(C(=O)OCc2ccccc2)C1. The first-order valence-corrected chi connectivity index (χ1v) is 7.02. The molecule has 0 spiro atoms. The third-order valence-corrected chi connectivity index (χ3v) is 3.73. The number of carbonyl (C=O) groups excluding carboxylic acids is 1. The molecule has 1 amide bonds. The molecule has 1 N–H and O–H groups in total. The van der Waals surface area contributed by atoms with Gasteiger partial charge in [-0.05, 0) is 12.0 Å². The standard InChI is InChI=1S/C15H16F3NO4/c16-15(17,18)12-6-11(13(20)21)7-19(8-12)14(22)23-9-10-4-2-1-3-5-10/h1-5,11-12H,6-9H2,(H,20,21). The van der Waals surface area contributed by atoms with E-state index >= 15 is 0 Å². The van der Waals surface area contributed by atoms with Crippen molar-refractivity contribution in [3.8, 4) is 0 Å². The van der Waals surface area contributed by atoms with Crippen LogP contribution in [-0.2, 0) is 16.1 Å². The monoisotopic (exact) mass is 331 g/mol. The fraction of sp³-hybridized carbons (Fsp3) is 0.467. The molecule has 1 heterocycles. The number of amides is 1. The summed E-state index contributed by atoms with van der Waals surface area (Å²) in [5, 5.41) is 8.98. The lowest BCUT2D eigenvalue weighted by atomic mass is 9.89. The van der Waals surface area contributed by atoms with Crippen molar-refractivity contribution in [3.63, 3.8) is 0 Å². The van der Waals surface area contributed by atoms with Crippen LogP contribution in [0.2, 0.25) is 0 Å². The van der Waals surface area contributed by atoms with Crippen LogP contribution in [0.4, 0.5) is 18.0 Å². The van der Waals surface area contributed by atoms with Crippen molar-refractivity contribution < 1.29 is 32.6 Å². The van der Waals surface area contributed by atoms with Crippen molar-refractivity contribution in [2.24, 2.45) is 11.8 Å². The van der Waals surface area contributed by atoms with Gasteiger partial charge in [-0.2, -0.15) is 13.2 Å². The fourth-order valence-corrected chi connectivity index (χ4v) is 2.47. The zero-order chi connectivity index (χ0) is 17.0. The number of benzene rings is 1. The number of nitrogens with zero attached hydrogens (tertiary/aromatic N) is 1. The molecule has 0 saturated carbocycles. The van der Waals surface area contributed by atoms with E-state index in [0.717, 1.165) is 4.90 Å². The molecule has 8 heteroatoms. The average molecular weight is 331 g/mol. The molecule has 1 aliphatic rings. The number of hydrogen-bond acceptors (Lipinski definition) is 3. The molecule has 126 valence electrons. The fourth-order valence-electron chi connectivity index (χ4n) is 2.47. The van der Waals surface area contributed by atoms with Gasteiger partial charge in [0.2, 0.25) is 0 Å². The normalized spacial score (nSPS) is 21.8. The van der Waals surface area contributed by atoms with Gasteiger partial charge in [-0.3, -0.25) is 4.79 Å². The molecule has 5 nitrogen and oxygen atoms in total. The summed E-state index contributed by atoms with van der Waals surface area (Å²) in [5.74, 6) is -4.46. The number of carboxylic acid groups (broad SMARTS) is 1. The Morgan fingerprint density at radius 3 is 2.43 bits per heavy atom. The first-order valence-electron chi connectivity index (χ1n) is 7.02. The maximum absolute atomic E-state index is 12.9. The van der Waals surface area contributed by atoms with Crippen molar-refractivity contribution in [1.29, 1.82) is 0 Å². The Balaban J connectivity index is 2.01. The lowest BCUT2D eigenvalue weighted by molar-refractivity contribution is -0.192. The summed E-state index contributed by atoms with van der Waals surface area (Å²) in [6, 6.07) is 8.68. The van der Waals surface area contributed by atoms with Gasteiger partial charge in [-0.25, -0.2) is 4.79 Å². The van der Waals surface area contributed by atoms with Gasteiger partial charge < -0.3 is 14.7 Å². The van der Waals surface area contributed by atoms with E-state index in [1.165, 1.54) is 0 Å². The van der Waals surface area contributed by atoms with Crippen LogP contribution in [0, 0.1) is 11.8 Å². The summed E-state index contributed by atoms with van der Waals surface area (Å²) in [6.07, 6.45) is -6.01. The summed E-state index contributed by atoms with van der Waals surface area (Å²) < 4.78 is 43.7. The lowest BCUT2D eigenvalue weighted by Gasteiger charge is -2.36. The highest BCUT2D eigenvalue weighted by Gasteiger charge is 2.47. The van der Waals surface area contributed by atoms with Crippen LogP contribution in [0.1, 0.15) is 12.0 Å². The number of rotatable bonds is 3. The van der Waals surface area contributed by atoms with Gasteiger partial charge >= 0.3 is 18.2 Å². The second-order valence-electron chi connectivity index (χ2n) is 5.45. The van der Waals surface area contributed by atoms with Crippen molar-refractivity contribution >= 4 is 12.1 Å². The summed E-state index contributed by atoms with van der Waals surface area (Å²) in [4.78, 5) is 23.8. The second kappa shape index (κ2) is 6.89. The summed E-state index contributed by atoms with van der Waals surface area (Å²) in [7, 11) is 0. The van der Waals surface area contributed by atoms with Gasteiger partial charge in [0.15, 0.2) is 0 Å².